The zero-order chi connectivity index (χ0) is 6.41. The molecule has 0 saturated carbocycles. The maximum absolute atomic E-state index is 3.67. The molecule has 0 aliphatic carbocycles. The lowest BCUT2D eigenvalue weighted by atomic mass is 10.6. The van der Waals surface area contributed by atoms with Crippen molar-refractivity contribution in [1.82, 2.24) is 10.3 Å². The Morgan fingerprint density at radius 3 is 2.75 bits per heavy atom. The van der Waals surface area contributed by atoms with Crippen molar-refractivity contribution in [1.29, 1.82) is 0 Å². The molecule has 0 rings (SSSR count). The van der Waals surface area contributed by atoms with Gasteiger partial charge in [0, 0.05) is 26.9 Å². The lowest BCUT2D eigenvalue weighted by molar-refractivity contribution is 0.358. The number of hydrogen-bond acceptors (Lipinski definition) is 3. The Hall–Kier alpha value is -0.570. The third kappa shape index (κ3) is 3.61. The van der Waals surface area contributed by atoms with Crippen LogP contribution < -0.4 is 5.32 Å². The van der Waals surface area contributed by atoms with Crippen LogP contribution in [0.3, 0.4) is 0 Å². The molecule has 0 aliphatic heterocycles. The minimum absolute atomic E-state index is 0.917. The minimum Gasteiger partial charge on any atom is -0.318 e. The SMILES string of the molecule is C=NN(C)CCNC. The van der Waals surface area contributed by atoms with Crippen molar-refractivity contribution in [3.63, 3.8) is 0 Å². The molecule has 8 heavy (non-hydrogen) atoms. The van der Waals surface area contributed by atoms with Gasteiger partial charge in [0.25, 0.3) is 0 Å². The molecule has 0 unspecified atom stereocenters. The number of nitrogens with one attached hydrogen (secondary N) is 1. The van der Waals surface area contributed by atoms with Crippen molar-refractivity contribution >= 4 is 6.72 Å². The van der Waals surface area contributed by atoms with Crippen molar-refractivity contribution < 1.29 is 0 Å². The Labute approximate surface area is 50.4 Å². The van der Waals surface area contributed by atoms with E-state index < -0.39 is 0 Å². The summed E-state index contributed by atoms with van der Waals surface area (Å²) in [7, 11) is 3.81. The fraction of sp³-hybridized carbons (Fsp3) is 0.800. The highest BCUT2D eigenvalue weighted by atomic mass is 15.4. The summed E-state index contributed by atoms with van der Waals surface area (Å²) in [6.07, 6.45) is 0. The summed E-state index contributed by atoms with van der Waals surface area (Å²) < 4.78 is 0. The van der Waals surface area contributed by atoms with Crippen LogP contribution in [0.15, 0.2) is 5.10 Å². The van der Waals surface area contributed by atoms with Gasteiger partial charge in [-0.1, -0.05) is 0 Å². The predicted octanol–water partition coefficient (Wildman–Crippen LogP) is -0.247. The molecule has 0 aromatic carbocycles. The molecule has 48 valence electrons. The summed E-state index contributed by atoms with van der Waals surface area (Å²) in [6, 6.07) is 0. The van der Waals surface area contributed by atoms with Crippen molar-refractivity contribution in [2.24, 2.45) is 5.10 Å². The molecule has 0 heterocycles. The van der Waals surface area contributed by atoms with E-state index in [-0.39, 0.29) is 0 Å². The average molecular weight is 115 g/mol. The van der Waals surface area contributed by atoms with Crippen molar-refractivity contribution in [2.45, 2.75) is 0 Å². The number of likely N-dealkylation sites (N-methyl/N-ethyl adjacent to an activating group) is 2. The van der Waals surface area contributed by atoms with E-state index in [0.717, 1.165) is 13.1 Å². The average Bonchev–Trinajstić information content (AvgIpc) is 1.83. The standard InChI is InChI=1S/C5H13N3/c1-6-4-5-8(3)7-2/h6H,2,4-5H2,1,3H3. The van der Waals surface area contributed by atoms with Crippen molar-refractivity contribution in [2.75, 3.05) is 27.2 Å². The molecule has 0 fully saturated rings. The van der Waals surface area contributed by atoms with E-state index in [1.54, 1.807) is 5.01 Å². The van der Waals surface area contributed by atoms with E-state index in [4.69, 9.17) is 0 Å². The van der Waals surface area contributed by atoms with Gasteiger partial charge in [-0.15, -0.1) is 0 Å². The Bertz CT molecular complexity index is 62.7. The van der Waals surface area contributed by atoms with Gasteiger partial charge in [0.1, 0.15) is 0 Å². The van der Waals surface area contributed by atoms with Gasteiger partial charge in [-0.05, 0) is 7.05 Å². The fourth-order valence-electron chi connectivity index (χ4n) is 0.344. The molecular weight excluding hydrogens is 102 g/mol. The Morgan fingerprint density at radius 2 is 2.38 bits per heavy atom. The molecule has 3 nitrogen and oxygen atoms in total. The van der Waals surface area contributed by atoms with E-state index in [1.165, 1.54) is 0 Å². The van der Waals surface area contributed by atoms with E-state index in [2.05, 4.69) is 17.1 Å². The van der Waals surface area contributed by atoms with Crippen LogP contribution in [0.5, 0.6) is 0 Å². The van der Waals surface area contributed by atoms with Crippen LogP contribution in [0.2, 0.25) is 0 Å². The van der Waals surface area contributed by atoms with Crippen LogP contribution in [0.25, 0.3) is 0 Å². The van der Waals surface area contributed by atoms with Crippen LogP contribution in [-0.2, 0) is 0 Å². The quantitative estimate of drug-likeness (QED) is 0.404. The van der Waals surface area contributed by atoms with Crippen molar-refractivity contribution in [3.05, 3.63) is 0 Å². The second kappa shape index (κ2) is 4.59. The largest absolute Gasteiger partial charge is 0.318 e. The predicted molar refractivity (Wildman–Crippen MR) is 36.1 cm³/mol. The number of hydrazone groups is 1. The van der Waals surface area contributed by atoms with Crippen LogP contribution >= 0.6 is 0 Å². The van der Waals surface area contributed by atoms with Crippen LogP contribution in [0, 0.1) is 0 Å². The van der Waals surface area contributed by atoms with Crippen LogP contribution in [0.4, 0.5) is 0 Å². The normalized spacial score (nSPS) is 8.75. The topological polar surface area (TPSA) is 27.6 Å². The van der Waals surface area contributed by atoms with Gasteiger partial charge < -0.3 is 5.32 Å². The number of rotatable bonds is 4. The molecule has 3 heteroatoms. The van der Waals surface area contributed by atoms with Crippen LogP contribution in [0.1, 0.15) is 0 Å². The summed E-state index contributed by atoms with van der Waals surface area (Å²) in [6.45, 7) is 5.23. The third-order valence-electron chi connectivity index (χ3n) is 0.927. The van der Waals surface area contributed by atoms with Crippen molar-refractivity contribution in [3.8, 4) is 0 Å². The summed E-state index contributed by atoms with van der Waals surface area (Å²) in [4.78, 5) is 0. The molecule has 0 aromatic rings. The van der Waals surface area contributed by atoms with Gasteiger partial charge in [0.05, 0.1) is 0 Å². The third-order valence-corrected chi connectivity index (χ3v) is 0.927. The molecule has 0 aromatic heterocycles. The Balaban J connectivity index is 2.98. The van der Waals surface area contributed by atoms with Gasteiger partial charge in [-0.2, -0.15) is 5.10 Å². The summed E-state index contributed by atoms with van der Waals surface area (Å²) in [5, 5.41) is 8.46. The van der Waals surface area contributed by atoms with Gasteiger partial charge >= 0.3 is 0 Å². The molecular formula is C5H13N3. The highest BCUT2D eigenvalue weighted by Crippen LogP contribution is 1.75. The number of hydrogen-bond donors (Lipinski definition) is 1. The first-order chi connectivity index (χ1) is 3.81. The van der Waals surface area contributed by atoms with Gasteiger partial charge in [0.2, 0.25) is 0 Å². The van der Waals surface area contributed by atoms with Gasteiger partial charge in [-0.3, -0.25) is 5.01 Å². The first-order valence-corrected chi connectivity index (χ1v) is 2.63. The first kappa shape index (κ1) is 7.43. The monoisotopic (exact) mass is 115 g/mol. The molecule has 0 amide bonds. The lowest BCUT2D eigenvalue weighted by Gasteiger charge is -2.09. The zero-order valence-corrected chi connectivity index (χ0v) is 5.52. The maximum atomic E-state index is 3.67. The smallest absolute Gasteiger partial charge is 0.0481 e. The summed E-state index contributed by atoms with van der Waals surface area (Å²) in [5.41, 5.74) is 0. The fourth-order valence-corrected chi connectivity index (χ4v) is 0.344. The number of nitrogens with zero attached hydrogens (tertiary/aromatic N) is 2. The van der Waals surface area contributed by atoms with E-state index in [9.17, 15) is 0 Å². The van der Waals surface area contributed by atoms with E-state index in [0.29, 0.717) is 0 Å². The molecule has 0 atom stereocenters. The van der Waals surface area contributed by atoms with Gasteiger partial charge in [-0.25, -0.2) is 0 Å². The molecule has 0 radical (unpaired) electrons. The first-order valence-electron chi connectivity index (χ1n) is 2.63. The molecule has 1 N–H and O–H groups in total. The highest BCUT2D eigenvalue weighted by Gasteiger charge is 1.85. The maximum Gasteiger partial charge on any atom is 0.0481 e. The molecule has 0 spiro atoms. The molecule has 0 saturated heterocycles. The summed E-state index contributed by atoms with van der Waals surface area (Å²) >= 11 is 0. The zero-order valence-electron chi connectivity index (χ0n) is 5.52. The lowest BCUT2D eigenvalue weighted by Crippen LogP contribution is -2.22. The Kier molecular flexibility index (Phi) is 4.26. The van der Waals surface area contributed by atoms with E-state index >= 15 is 0 Å². The highest BCUT2D eigenvalue weighted by molar-refractivity contribution is 5.22. The van der Waals surface area contributed by atoms with Crippen LogP contribution in [-0.4, -0.2) is 38.9 Å². The second-order valence-electron chi connectivity index (χ2n) is 1.63. The summed E-state index contributed by atoms with van der Waals surface area (Å²) in [5.74, 6) is 0. The van der Waals surface area contributed by atoms with E-state index in [1.807, 2.05) is 14.1 Å². The minimum atomic E-state index is 0.917. The molecule has 0 bridgehead atoms. The van der Waals surface area contributed by atoms with Gasteiger partial charge in [0.15, 0.2) is 0 Å². The second-order valence-corrected chi connectivity index (χ2v) is 1.63. The Morgan fingerprint density at radius 1 is 1.75 bits per heavy atom. The molecule has 0 aliphatic rings.